The van der Waals surface area contributed by atoms with Crippen molar-refractivity contribution >= 4 is 28.3 Å². The molecule has 0 aliphatic rings. The number of hydrogen-bond donors (Lipinski definition) is 1. The zero-order valence-electron chi connectivity index (χ0n) is 13.5. The van der Waals surface area contributed by atoms with E-state index in [1.807, 2.05) is 42.1 Å². The number of carbonyl (C=O) groups is 1. The Hall–Kier alpha value is -2.21. The van der Waals surface area contributed by atoms with Crippen molar-refractivity contribution < 1.29 is 4.79 Å². The highest BCUT2D eigenvalue weighted by Crippen LogP contribution is 2.28. The molecule has 120 valence electrons. The number of thiophene rings is 1. The highest BCUT2D eigenvalue weighted by Gasteiger charge is 2.18. The molecule has 1 amide bonds. The van der Waals surface area contributed by atoms with Crippen molar-refractivity contribution in [1.29, 1.82) is 0 Å². The van der Waals surface area contributed by atoms with E-state index in [2.05, 4.69) is 17.3 Å². The van der Waals surface area contributed by atoms with Gasteiger partial charge in [-0.15, -0.1) is 11.3 Å². The fraction of sp³-hybridized carbons (Fsp3) is 0.353. The van der Waals surface area contributed by atoms with Gasteiger partial charge in [0.2, 0.25) is 0 Å². The van der Waals surface area contributed by atoms with Gasteiger partial charge in [0.15, 0.2) is 5.65 Å². The average molecular weight is 328 g/mol. The molecule has 5 nitrogen and oxygen atoms in total. The van der Waals surface area contributed by atoms with Crippen LogP contribution in [0.15, 0.2) is 29.8 Å². The van der Waals surface area contributed by atoms with Crippen molar-refractivity contribution in [3.8, 4) is 10.6 Å². The Morgan fingerprint density at radius 2 is 2.26 bits per heavy atom. The van der Waals surface area contributed by atoms with E-state index in [-0.39, 0.29) is 11.9 Å². The van der Waals surface area contributed by atoms with Crippen molar-refractivity contribution in [2.24, 2.45) is 0 Å². The van der Waals surface area contributed by atoms with E-state index >= 15 is 0 Å². The van der Waals surface area contributed by atoms with Crippen LogP contribution >= 0.6 is 11.3 Å². The predicted molar refractivity (Wildman–Crippen MR) is 93.7 cm³/mol. The molecular formula is C17H20N4OS. The van der Waals surface area contributed by atoms with Gasteiger partial charge in [-0.25, -0.2) is 9.67 Å². The molecule has 0 aliphatic carbocycles. The van der Waals surface area contributed by atoms with Crippen molar-refractivity contribution in [2.45, 2.75) is 39.8 Å². The number of fused-ring (bicyclic) bond motifs is 1. The Bertz CT molecular complexity index is 823. The Morgan fingerprint density at radius 3 is 2.91 bits per heavy atom. The number of nitrogens with one attached hydrogen (secondary N) is 1. The molecule has 0 unspecified atom stereocenters. The zero-order valence-corrected chi connectivity index (χ0v) is 14.4. The number of aryl methyl sites for hydroxylation is 1. The number of amides is 1. The maximum absolute atomic E-state index is 12.7. The Kier molecular flexibility index (Phi) is 4.43. The highest BCUT2D eigenvalue weighted by atomic mass is 32.1. The summed E-state index contributed by atoms with van der Waals surface area (Å²) >= 11 is 1.62. The second kappa shape index (κ2) is 6.50. The Balaban J connectivity index is 2.15. The lowest BCUT2D eigenvalue weighted by molar-refractivity contribution is 0.0941. The van der Waals surface area contributed by atoms with Gasteiger partial charge >= 0.3 is 0 Å². The molecule has 3 rings (SSSR count). The fourth-order valence-corrected chi connectivity index (χ4v) is 3.11. The van der Waals surface area contributed by atoms with Gasteiger partial charge in [-0.2, -0.15) is 5.10 Å². The number of pyridine rings is 1. The standard InChI is InChI=1S/C17H20N4OS/c1-4-11(3)19-17(22)12-9-14(15-7-6-8-23-15)20-16-13(12)10-18-21(16)5-2/h6-11H,4-5H2,1-3H3,(H,19,22)/t11-/m0/s1. The lowest BCUT2D eigenvalue weighted by Gasteiger charge is -2.12. The first-order chi connectivity index (χ1) is 11.1. The molecule has 1 atom stereocenters. The van der Waals surface area contributed by atoms with Crippen molar-refractivity contribution in [1.82, 2.24) is 20.1 Å². The second-order valence-corrected chi connectivity index (χ2v) is 6.46. The molecule has 6 heteroatoms. The van der Waals surface area contributed by atoms with Crippen LogP contribution in [0.3, 0.4) is 0 Å². The van der Waals surface area contributed by atoms with E-state index in [9.17, 15) is 4.79 Å². The first-order valence-corrected chi connectivity index (χ1v) is 8.73. The summed E-state index contributed by atoms with van der Waals surface area (Å²) in [4.78, 5) is 18.4. The largest absolute Gasteiger partial charge is 0.350 e. The monoisotopic (exact) mass is 328 g/mol. The van der Waals surface area contributed by atoms with Crippen LogP contribution in [-0.4, -0.2) is 26.7 Å². The Morgan fingerprint density at radius 1 is 1.43 bits per heavy atom. The molecule has 0 spiro atoms. The maximum atomic E-state index is 12.7. The van der Waals surface area contributed by atoms with E-state index in [1.165, 1.54) is 0 Å². The second-order valence-electron chi connectivity index (χ2n) is 5.51. The summed E-state index contributed by atoms with van der Waals surface area (Å²) in [6, 6.07) is 6.01. The minimum atomic E-state index is -0.0693. The summed E-state index contributed by atoms with van der Waals surface area (Å²) in [5.74, 6) is -0.0693. The van der Waals surface area contributed by atoms with Crippen LogP contribution in [0.25, 0.3) is 21.6 Å². The van der Waals surface area contributed by atoms with Gasteiger partial charge in [-0.1, -0.05) is 13.0 Å². The molecule has 0 saturated carbocycles. The summed E-state index contributed by atoms with van der Waals surface area (Å²) in [5, 5.41) is 10.2. The fourth-order valence-electron chi connectivity index (χ4n) is 2.42. The van der Waals surface area contributed by atoms with Gasteiger partial charge in [0.1, 0.15) is 0 Å². The minimum Gasteiger partial charge on any atom is -0.350 e. The maximum Gasteiger partial charge on any atom is 0.252 e. The van der Waals surface area contributed by atoms with E-state index in [0.717, 1.165) is 34.6 Å². The number of rotatable bonds is 5. The van der Waals surface area contributed by atoms with Gasteiger partial charge in [-0.05, 0) is 37.8 Å². The third kappa shape index (κ3) is 2.99. The summed E-state index contributed by atoms with van der Waals surface area (Å²) in [7, 11) is 0. The molecule has 23 heavy (non-hydrogen) atoms. The van der Waals surface area contributed by atoms with E-state index in [4.69, 9.17) is 4.98 Å². The molecule has 1 N–H and O–H groups in total. The van der Waals surface area contributed by atoms with Crippen molar-refractivity contribution in [2.75, 3.05) is 0 Å². The predicted octanol–water partition coefficient (Wildman–Crippen LogP) is 3.71. The van der Waals surface area contributed by atoms with E-state index in [1.54, 1.807) is 17.5 Å². The van der Waals surface area contributed by atoms with Gasteiger partial charge in [0.05, 0.1) is 27.7 Å². The van der Waals surface area contributed by atoms with Gasteiger partial charge in [0, 0.05) is 12.6 Å². The van der Waals surface area contributed by atoms with Crippen LogP contribution in [-0.2, 0) is 6.54 Å². The van der Waals surface area contributed by atoms with Crippen LogP contribution in [0.4, 0.5) is 0 Å². The van der Waals surface area contributed by atoms with Crippen LogP contribution < -0.4 is 5.32 Å². The molecule has 0 fully saturated rings. The van der Waals surface area contributed by atoms with Gasteiger partial charge < -0.3 is 5.32 Å². The lowest BCUT2D eigenvalue weighted by atomic mass is 10.1. The first kappa shape index (κ1) is 15.7. The molecule has 3 aromatic heterocycles. The molecular weight excluding hydrogens is 308 g/mol. The van der Waals surface area contributed by atoms with E-state index < -0.39 is 0 Å². The number of carbonyl (C=O) groups excluding carboxylic acids is 1. The summed E-state index contributed by atoms with van der Waals surface area (Å²) in [6.45, 7) is 6.80. The normalized spacial score (nSPS) is 12.5. The summed E-state index contributed by atoms with van der Waals surface area (Å²) in [6.07, 6.45) is 2.63. The quantitative estimate of drug-likeness (QED) is 0.777. The minimum absolute atomic E-state index is 0.0693. The smallest absolute Gasteiger partial charge is 0.252 e. The molecule has 0 aliphatic heterocycles. The van der Waals surface area contributed by atoms with Crippen molar-refractivity contribution in [3.63, 3.8) is 0 Å². The zero-order chi connectivity index (χ0) is 16.4. The van der Waals surface area contributed by atoms with Crippen LogP contribution in [0.2, 0.25) is 0 Å². The molecule has 0 radical (unpaired) electrons. The Labute approximate surface area is 139 Å². The summed E-state index contributed by atoms with van der Waals surface area (Å²) < 4.78 is 1.83. The highest BCUT2D eigenvalue weighted by molar-refractivity contribution is 7.13. The molecule has 3 heterocycles. The number of nitrogens with zero attached hydrogens (tertiary/aromatic N) is 3. The topological polar surface area (TPSA) is 59.8 Å². The van der Waals surface area contributed by atoms with Gasteiger partial charge in [-0.3, -0.25) is 4.79 Å². The van der Waals surface area contributed by atoms with Crippen molar-refractivity contribution in [3.05, 3.63) is 35.3 Å². The third-order valence-electron chi connectivity index (χ3n) is 3.92. The molecule has 0 saturated heterocycles. The first-order valence-electron chi connectivity index (χ1n) is 7.85. The van der Waals surface area contributed by atoms with Crippen LogP contribution in [0.1, 0.15) is 37.6 Å². The average Bonchev–Trinajstić information content (AvgIpc) is 3.22. The molecule has 3 aromatic rings. The molecule has 0 bridgehead atoms. The lowest BCUT2D eigenvalue weighted by Crippen LogP contribution is -2.32. The number of hydrogen-bond acceptors (Lipinski definition) is 4. The SMILES string of the molecule is CC[C@H](C)NC(=O)c1cc(-c2cccs2)nc2c1cnn2CC. The van der Waals surface area contributed by atoms with E-state index in [0.29, 0.717) is 5.56 Å². The number of aromatic nitrogens is 3. The van der Waals surface area contributed by atoms with Gasteiger partial charge in [0.25, 0.3) is 5.91 Å². The van der Waals surface area contributed by atoms with Crippen LogP contribution in [0, 0.1) is 0 Å². The molecule has 0 aromatic carbocycles. The van der Waals surface area contributed by atoms with Crippen LogP contribution in [0.5, 0.6) is 0 Å². The summed E-state index contributed by atoms with van der Waals surface area (Å²) in [5.41, 5.74) is 2.21. The third-order valence-corrected chi connectivity index (χ3v) is 4.81.